The number of aromatic nitrogens is 1. The standard InChI is InChI=1S/C10H11BrClN3O/c11-6-4-8(9(12)14-5-6)15-10(16)7-2-1-3-13-7/h4-5,7,13H,1-3H2,(H,15,16)/t7-/m1/s1. The lowest BCUT2D eigenvalue weighted by Crippen LogP contribution is -2.35. The van der Waals surface area contributed by atoms with E-state index in [-0.39, 0.29) is 11.9 Å². The van der Waals surface area contributed by atoms with Crippen molar-refractivity contribution in [3.8, 4) is 0 Å². The number of carbonyl (C=O) groups excluding carboxylic acids is 1. The van der Waals surface area contributed by atoms with Crippen LogP contribution in [0.25, 0.3) is 0 Å². The summed E-state index contributed by atoms with van der Waals surface area (Å²) in [5.41, 5.74) is 0.537. The molecule has 1 saturated heterocycles. The first-order valence-corrected chi connectivity index (χ1v) is 6.19. The van der Waals surface area contributed by atoms with Crippen LogP contribution in [0.4, 0.5) is 5.69 Å². The molecule has 1 amide bonds. The summed E-state index contributed by atoms with van der Waals surface area (Å²) >= 11 is 9.16. The van der Waals surface area contributed by atoms with E-state index in [1.165, 1.54) is 0 Å². The van der Waals surface area contributed by atoms with Gasteiger partial charge in [0.05, 0.1) is 11.7 Å². The highest BCUT2D eigenvalue weighted by Crippen LogP contribution is 2.23. The van der Waals surface area contributed by atoms with E-state index in [1.807, 2.05) is 0 Å². The summed E-state index contributed by atoms with van der Waals surface area (Å²) in [6, 6.07) is 1.62. The van der Waals surface area contributed by atoms with Gasteiger partial charge in [-0.1, -0.05) is 11.6 Å². The fourth-order valence-electron chi connectivity index (χ4n) is 1.64. The molecule has 1 aliphatic heterocycles. The number of rotatable bonds is 2. The van der Waals surface area contributed by atoms with Crippen LogP contribution in [0, 0.1) is 0 Å². The summed E-state index contributed by atoms with van der Waals surface area (Å²) < 4.78 is 0.784. The molecule has 0 aromatic carbocycles. The van der Waals surface area contributed by atoms with E-state index in [0.717, 1.165) is 23.9 Å². The van der Waals surface area contributed by atoms with E-state index in [9.17, 15) is 4.79 Å². The maximum absolute atomic E-state index is 11.8. The molecule has 2 rings (SSSR count). The Morgan fingerprint density at radius 3 is 3.19 bits per heavy atom. The molecule has 1 aliphatic rings. The maximum Gasteiger partial charge on any atom is 0.241 e. The van der Waals surface area contributed by atoms with Crippen molar-refractivity contribution >= 4 is 39.1 Å². The molecule has 6 heteroatoms. The summed E-state index contributed by atoms with van der Waals surface area (Å²) in [5.74, 6) is -0.0562. The average Bonchev–Trinajstić information content (AvgIpc) is 2.76. The molecular weight excluding hydrogens is 293 g/mol. The molecule has 0 aliphatic carbocycles. The number of carbonyl (C=O) groups is 1. The number of nitrogens with zero attached hydrogens (tertiary/aromatic N) is 1. The minimum absolute atomic E-state index is 0.0562. The Morgan fingerprint density at radius 2 is 2.50 bits per heavy atom. The zero-order valence-corrected chi connectivity index (χ0v) is 10.8. The number of pyridine rings is 1. The molecule has 1 aromatic rings. The Hall–Kier alpha value is -0.650. The van der Waals surface area contributed by atoms with Gasteiger partial charge in [-0.05, 0) is 41.4 Å². The van der Waals surface area contributed by atoms with Crippen molar-refractivity contribution in [3.63, 3.8) is 0 Å². The fourth-order valence-corrected chi connectivity index (χ4v) is 2.12. The SMILES string of the molecule is O=C(Nc1cc(Br)cnc1Cl)[C@H]1CCCN1. The highest BCUT2D eigenvalue weighted by atomic mass is 79.9. The van der Waals surface area contributed by atoms with E-state index >= 15 is 0 Å². The van der Waals surface area contributed by atoms with E-state index in [2.05, 4.69) is 31.5 Å². The third-order valence-electron chi connectivity index (χ3n) is 2.44. The summed E-state index contributed by atoms with van der Waals surface area (Å²) in [7, 11) is 0. The van der Waals surface area contributed by atoms with Crippen LogP contribution in [0.15, 0.2) is 16.7 Å². The molecule has 0 saturated carbocycles. The number of anilines is 1. The highest BCUT2D eigenvalue weighted by Gasteiger charge is 2.22. The van der Waals surface area contributed by atoms with Gasteiger partial charge in [-0.3, -0.25) is 4.79 Å². The largest absolute Gasteiger partial charge is 0.322 e. The van der Waals surface area contributed by atoms with Crippen molar-refractivity contribution in [2.75, 3.05) is 11.9 Å². The van der Waals surface area contributed by atoms with Crippen LogP contribution in [0.3, 0.4) is 0 Å². The topological polar surface area (TPSA) is 54.0 Å². The van der Waals surface area contributed by atoms with Crippen molar-refractivity contribution in [3.05, 3.63) is 21.9 Å². The van der Waals surface area contributed by atoms with Gasteiger partial charge in [0.15, 0.2) is 5.15 Å². The lowest BCUT2D eigenvalue weighted by Gasteiger charge is -2.11. The second-order valence-corrected chi connectivity index (χ2v) is 4.90. The summed E-state index contributed by atoms with van der Waals surface area (Å²) in [6.45, 7) is 0.891. The average molecular weight is 305 g/mol. The van der Waals surface area contributed by atoms with Crippen molar-refractivity contribution in [1.29, 1.82) is 0 Å². The maximum atomic E-state index is 11.8. The van der Waals surface area contributed by atoms with Gasteiger partial charge < -0.3 is 10.6 Å². The molecule has 1 fully saturated rings. The first kappa shape index (κ1) is 11.8. The minimum atomic E-state index is -0.116. The number of amides is 1. The number of halogens is 2. The second-order valence-electron chi connectivity index (χ2n) is 3.63. The van der Waals surface area contributed by atoms with Gasteiger partial charge in [0.2, 0.25) is 5.91 Å². The monoisotopic (exact) mass is 303 g/mol. The van der Waals surface area contributed by atoms with Crippen LogP contribution in [-0.4, -0.2) is 23.5 Å². The van der Waals surface area contributed by atoms with Gasteiger partial charge in [-0.2, -0.15) is 0 Å². The first-order chi connectivity index (χ1) is 7.66. The minimum Gasteiger partial charge on any atom is -0.322 e. The summed E-state index contributed by atoms with van der Waals surface area (Å²) in [6.07, 6.45) is 3.49. The van der Waals surface area contributed by atoms with Crippen LogP contribution >= 0.6 is 27.5 Å². The quantitative estimate of drug-likeness (QED) is 0.824. The summed E-state index contributed by atoms with van der Waals surface area (Å²) in [5, 5.41) is 6.19. The van der Waals surface area contributed by atoms with E-state index in [1.54, 1.807) is 12.3 Å². The predicted octanol–water partition coefficient (Wildman–Crippen LogP) is 2.19. The van der Waals surface area contributed by atoms with Gasteiger partial charge in [0.25, 0.3) is 0 Å². The molecule has 0 bridgehead atoms. The van der Waals surface area contributed by atoms with Crippen LogP contribution < -0.4 is 10.6 Å². The Kier molecular flexibility index (Phi) is 3.78. The molecule has 16 heavy (non-hydrogen) atoms. The predicted molar refractivity (Wildman–Crippen MR) is 66.6 cm³/mol. The van der Waals surface area contributed by atoms with Crippen LogP contribution in [-0.2, 0) is 4.79 Å². The molecule has 0 unspecified atom stereocenters. The zero-order chi connectivity index (χ0) is 11.5. The van der Waals surface area contributed by atoms with Gasteiger partial charge in [0, 0.05) is 10.7 Å². The Bertz CT molecular complexity index is 407. The zero-order valence-electron chi connectivity index (χ0n) is 8.46. The number of hydrogen-bond donors (Lipinski definition) is 2. The van der Waals surface area contributed by atoms with Crippen molar-refractivity contribution in [2.24, 2.45) is 0 Å². The number of hydrogen-bond acceptors (Lipinski definition) is 3. The first-order valence-electron chi connectivity index (χ1n) is 5.02. The molecule has 1 aromatic heterocycles. The smallest absolute Gasteiger partial charge is 0.241 e. The molecule has 0 radical (unpaired) electrons. The second kappa shape index (κ2) is 5.12. The highest BCUT2D eigenvalue weighted by molar-refractivity contribution is 9.10. The third-order valence-corrected chi connectivity index (χ3v) is 3.18. The molecule has 0 spiro atoms. The fraction of sp³-hybridized carbons (Fsp3) is 0.400. The molecule has 2 heterocycles. The molecule has 86 valence electrons. The van der Waals surface area contributed by atoms with Crippen molar-refractivity contribution < 1.29 is 4.79 Å². The van der Waals surface area contributed by atoms with Crippen molar-refractivity contribution in [1.82, 2.24) is 10.3 Å². The Morgan fingerprint density at radius 1 is 1.69 bits per heavy atom. The van der Waals surface area contributed by atoms with Gasteiger partial charge in [0.1, 0.15) is 0 Å². The van der Waals surface area contributed by atoms with Crippen molar-refractivity contribution in [2.45, 2.75) is 18.9 Å². The van der Waals surface area contributed by atoms with Crippen LogP contribution in [0.1, 0.15) is 12.8 Å². The van der Waals surface area contributed by atoms with Gasteiger partial charge in [-0.15, -0.1) is 0 Å². The Balaban J connectivity index is 2.07. The molecule has 4 nitrogen and oxygen atoms in total. The van der Waals surface area contributed by atoms with E-state index < -0.39 is 0 Å². The van der Waals surface area contributed by atoms with Gasteiger partial charge >= 0.3 is 0 Å². The van der Waals surface area contributed by atoms with E-state index in [0.29, 0.717) is 10.8 Å². The molecule has 2 N–H and O–H groups in total. The van der Waals surface area contributed by atoms with E-state index in [4.69, 9.17) is 11.6 Å². The lowest BCUT2D eigenvalue weighted by atomic mass is 10.2. The third kappa shape index (κ3) is 2.72. The van der Waals surface area contributed by atoms with Crippen LogP contribution in [0.5, 0.6) is 0 Å². The summed E-state index contributed by atoms with van der Waals surface area (Å²) in [4.78, 5) is 15.7. The lowest BCUT2D eigenvalue weighted by molar-refractivity contribution is -0.117. The normalized spacial score (nSPS) is 19.8. The van der Waals surface area contributed by atoms with Gasteiger partial charge in [-0.25, -0.2) is 4.98 Å². The number of nitrogens with one attached hydrogen (secondary N) is 2. The molecule has 1 atom stereocenters. The molecular formula is C10H11BrClN3O. The van der Waals surface area contributed by atoms with Crippen LogP contribution in [0.2, 0.25) is 5.15 Å². The Labute approximate surface area is 107 Å².